The number of unbranched alkanes of at least 4 members (excludes halogenated alkanes) is 3. The largest absolute Gasteiger partial charge is 0.512 e. The van der Waals surface area contributed by atoms with Crippen molar-refractivity contribution in [2.45, 2.75) is 52.0 Å². The maximum atomic E-state index is 10.4. The molecule has 0 bridgehead atoms. The van der Waals surface area contributed by atoms with E-state index in [1.807, 2.05) is 6.92 Å². The van der Waals surface area contributed by atoms with Crippen molar-refractivity contribution in [1.29, 1.82) is 0 Å². The first-order chi connectivity index (χ1) is 8.56. The van der Waals surface area contributed by atoms with Gasteiger partial charge in [0.15, 0.2) is 5.82 Å². The van der Waals surface area contributed by atoms with Crippen LogP contribution in [0, 0.1) is 0 Å². The third-order valence-electron chi connectivity index (χ3n) is 2.77. The summed E-state index contributed by atoms with van der Waals surface area (Å²) < 4.78 is 5.92. The molecule has 0 radical (unpaired) electrons. The van der Waals surface area contributed by atoms with Crippen molar-refractivity contribution < 1.29 is 14.6 Å². The molecule has 1 unspecified atom stereocenters. The monoisotopic (exact) mass is 256 g/mol. The van der Waals surface area contributed by atoms with E-state index >= 15 is 0 Å². The fourth-order valence-corrected chi connectivity index (χ4v) is 1.76. The number of nitrogen functional groups attached to an aromatic ring is 1. The summed E-state index contributed by atoms with van der Waals surface area (Å²) in [5.74, 6) is 0.00306. The predicted octanol–water partition coefficient (Wildman–Crippen LogP) is 2.45. The van der Waals surface area contributed by atoms with Crippen molar-refractivity contribution in [2.24, 2.45) is 0 Å². The summed E-state index contributed by atoms with van der Waals surface area (Å²) in [5.41, 5.74) is 5.73. The summed E-state index contributed by atoms with van der Waals surface area (Å²) in [4.78, 5) is 10.4. The molecular weight excluding hydrogens is 236 g/mol. The quantitative estimate of drug-likeness (QED) is 0.573. The summed E-state index contributed by atoms with van der Waals surface area (Å²) in [6.07, 6.45) is 4.16. The SMILES string of the molecule is CCCCCCC(C)n1nnc(OC(=O)O)c1N. The first-order valence-corrected chi connectivity index (χ1v) is 6.17. The van der Waals surface area contributed by atoms with Gasteiger partial charge in [0.1, 0.15) is 0 Å². The van der Waals surface area contributed by atoms with Crippen LogP contribution in [0.25, 0.3) is 0 Å². The van der Waals surface area contributed by atoms with E-state index in [4.69, 9.17) is 10.8 Å². The van der Waals surface area contributed by atoms with Crippen molar-refractivity contribution in [1.82, 2.24) is 15.0 Å². The van der Waals surface area contributed by atoms with Crippen LogP contribution in [0.4, 0.5) is 10.6 Å². The van der Waals surface area contributed by atoms with Crippen molar-refractivity contribution in [2.75, 3.05) is 5.73 Å². The van der Waals surface area contributed by atoms with E-state index in [1.165, 1.54) is 23.9 Å². The molecule has 0 aliphatic rings. The Labute approximate surface area is 106 Å². The topological polar surface area (TPSA) is 103 Å². The van der Waals surface area contributed by atoms with Crippen LogP contribution >= 0.6 is 0 Å². The van der Waals surface area contributed by atoms with Gasteiger partial charge in [-0.25, -0.2) is 9.48 Å². The maximum Gasteiger partial charge on any atom is 0.512 e. The summed E-state index contributed by atoms with van der Waals surface area (Å²) in [5, 5.41) is 15.9. The van der Waals surface area contributed by atoms with Gasteiger partial charge in [-0.05, 0) is 13.3 Å². The Balaban J connectivity index is 2.55. The minimum Gasteiger partial charge on any atom is -0.449 e. The number of hydrogen-bond acceptors (Lipinski definition) is 5. The van der Waals surface area contributed by atoms with Crippen LogP contribution in [0.5, 0.6) is 5.88 Å². The lowest BCUT2D eigenvalue weighted by molar-refractivity contribution is 0.143. The Morgan fingerprint density at radius 2 is 2.22 bits per heavy atom. The molecule has 0 saturated heterocycles. The van der Waals surface area contributed by atoms with Crippen molar-refractivity contribution in [3.05, 3.63) is 0 Å². The minimum atomic E-state index is -1.44. The number of anilines is 1. The van der Waals surface area contributed by atoms with Gasteiger partial charge in [0.2, 0.25) is 0 Å². The summed E-state index contributed by atoms with van der Waals surface area (Å²) in [7, 11) is 0. The highest BCUT2D eigenvalue weighted by Crippen LogP contribution is 2.23. The second-order valence-corrected chi connectivity index (χ2v) is 4.29. The molecule has 0 fully saturated rings. The van der Waals surface area contributed by atoms with Gasteiger partial charge in [0.25, 0.3) is 5.88 Å². The standard InChI is InChI=1S/C11H20N4O3/c1-3-4-5-6-7-8(2)15-9(12)10(13-14-15)18-11(16)17/h8H,3-7,12H2,1-2H3,(H,16,17). The van der Waals surface area contributed by atoms with Crippen molar-refractivity contribution in [3.8, 4) is 5.88 Å². The molecule has 1 aromatic heterocycles. The highest BCUT2D eigenvalue weighted by molar-refractivity contribution is 5.62. The molecule has 0 aromatic carbocycles. The van der Waals surface area contributed by atoms with Crippen molar-refractivity contribution >= 4 is 12.0 Å². The molecule has 102 valence electrons. The Hall–Kier alpha value is -1.79. The number of carboxylic acid groups (broad SMARTS) is 1. The lowest BCUT2D eigenvalue weighted by atomic mass is 10.1. The van der Waals surface area contributed by atoms with Crippen LogP contribution in [-0.2, 0) is 0 Å². The van der Waals surface area contributed by atoms with Crippen LogP contribution in [0.15, 0.2) is 0 Å². The van der Waals surface area contributed by atoms with Gasteiger partial charge in [-0.2, -0.15) is 0 Å². The normalized spacial score (nSPS) is 12.3. The second-order valence-electron chi connectivity index (χ2n) is 4.29. The molecule has 1 aromatic rings. The molecule has 0 saturated carbocycles. The Kier molecular flexibility index (Phi) is 5.41. The number of carbonyl (C=O) groups is 1. The average molecular weight is 256 g/mol. The molecule has 3 N–H and O–H groups in total. The fraction of sp³-hybridized carbons (Fsp3) is 0.727. The third kappa shape index (κ3) is 3.90. The molecule has 0 spiro atoms. The number of nitrogens with two attached hydrogens (primary N) is 1. The molecule has 7 nitrogen and oxygen atoms in total. The van der Waals surface area contributed by atoms with E-state index in [9.17, 15) is 4.79 Å². The molecule has 0 aliphatic heterocycles. The third-order valence-corrected chi connectivity index (χ3v) is 2.77. The zero-order valence-corrected chi connectivity index (χ0v) is 10.8. The molecule has 7 heteroatoms. The van der Waals surface area contributed by atoms with E-state index in [-0.39, 0.29) is 17.7 Å². The number of rotatable bonds is 7. The van der Waals surface area contributed by atoms with Gasteiger partial charge in [0.05, 0.1) is 6.04 Å². The van der Waals surface area contributed by atoms with E-state index in [1.54, 1.807) is 0 Å². The maximum absolute atomic E-state index is 10.4. The summed E-state index contributed by atoms with van der Waals surface area (Å²) in [6.45, 7) is 4.13. The van der Waals surface area contributed by atoms with Gasteiger partial charge in [-0.15, -0.1) is 0 Å². The lowest BCUT2D eigenvalue weighted by Crippen LogP contribution is -2.11. The Morgan fingerprint density at radius 1 is 1.50 bits per heavy atom. The number of nitrogens with zero attached hydrogens (tertiary/aromatic N) is 3. The van der Waals surface area contributed by atoms with Crippen LogP contribution < -0.4 is 10.5 Å². The molecule has 0 amide bonds. The molecule has 1 heterocycles. The molecular formula is C11H20N4O3. The molecule has 18 heavy (non-hydrogen) atoms. The number of ether oxygens (including phenoxy) is 1. The van der Waals surface area contributed by atoms with Crippen LogP contribution in [-0.4, -0.2) is 26.3 Å². The van der Waals surface area contributed by atoms with Gasteiger partial charge >= 0.3 is 6.16 Å². The van der Waals surface area contributed by atoms with Crippen molar-refractivity contribution in [3.63, 3.8) is 0 Å². The van der Waals surface area contributed by atoms with E-state index in [0.29, 0.717) is 0 Å². The highest BCUT2D eigenvalue weighted by Gasteiger charge is 2.17. The van der Waals surface area contributed by atoms with E-state index in [0.717, 1.165) is 12.8 Å². The smallest absolute Gasteiger partial charge is 0.449 e. The van der Waals surface area contributed by atoms with Crippen LogP contribution in [0.1, 0.15) is 52.0 Å². The van der Waals surface area contributed by atoms with Gasteiger partial charge in [0, 0.05) is 0 Å². The van der Waals surface area contributed by atoms with Gasteiger partial charge in [-0.1, -0.05) is 42.9 Å². The second kappa shape index (κ2) is 6.83. The molecule has 1 atom stereocenters. The predicted molar refractivity (Wildman–Crippen MR) is 66.6 cm³/mol. The Morgan fingerprint density at radius 3 is 2.83 bits per heavy atom. The Bertz CT molecular complexity index is 392. The number of hydrogen-bond donors (Lipinski definition) is 2. The highest BCUT2D eigenvalue weighted by atomic mass is 16.7. The van der Waals surface area contributed by atoms with E-state index < -0.39 is 6.16 Å². The number of aromatic nitrogens is 3. The zero-order chi connectivity index (χ0) is 13.5. The minimum absolute atomic E-state index is 0.0838. The zero-order valence-electron chi connectivity index (χ0n) is 10.8. The van der Waals surface area contributed by atoms with Crippen LogP contribution in [0.2, 0.25) is 0 Å². The first-order valence-electron chi connectivity index (χ1n) is 6.17. The first kappa shape index (κ1) is 14.3. The van der Waals surface area contributed by atoms with Gasteiger partial charge < -0.3 is 15.6 Å². The van der Waals surface area contributed by atoms with Crippen LogP contribution in [0.3, 0.4) is 0 Å². The summed E-state index contributed by atoms with van der Waals surface area (Å²) in [6, 6.07) is 0.0838. The lowest BCUT2D eigenvalue weighted by Gasteiger charge is -2.12. The molecule has 0 aliphatic carbocycles. The summed E-state index contributed by atoms with van der Waals surface area (Å²) >= 11 is 0. The fourth-order valence-electron chi connectivity index (χ4n) is 1.76. The van der Waals surface area contributed by atoms with Gasteiger partial charge in [-0.3, -0.25) is 0 Å². The van der Waals surface area contributed by atoms with E-state index in [2.05, 4.69) is 22.0 Å². The molecule has 1 rings (SSSR count). The average Bonchev–Trinajstić information content (AvgIpc) is 2.66.